The van der Waals surface area contributed by atoms with Gasteiger partial charge in [0.1, 0.15) is 5.75 Å². The molecule has 4 nitrogen and oxygen atoms in total. The van der Waals surface area contributed by atoms with Gasteiger partial charge < -0.3 is 14.8 Å². The van der Waals surface area contributed by atoms with Gasteiger partial charge in [-0.3, -0.25) is 0 Å². The zero-order valence-electron chi connectivity index (χ0n) is 13.6. The lowest BCUT2D eigenvalue weighted by atomic mass is 10.2. The highest BCUT2D eigenvalue weighted by atomic mass is 19.4. The van der Waals surface area contributed by atoms with Gasteiger partial charge in [-0.25, -0.2) is 4.79 Å². The van der Waals surface area contributed by atoms with E-state index < -0.39 is 17.7 Å². The normalized spacial score (nSPS) is 11.0. The summed E-state index contributed by atoms with van der Waals surface area (Å²) in [5.74, 6) is 0.217. The topological polar surface area (TPSA) is 47.6 Å². The lowest BCUT2D eigenvalue weighted by Gasteiger charge is -2.10. The molecular weight excluding hydrogens is 335 g/mol. The smallest absolute Gasteiger partial charge is 0.416 e. The van der Waals surface area contributed by atoms with Crippen molar-refractivity contribution in [1.82, 2.24) is 0 Å². The molecule has 0 atom stereocenters. The van der Waals surface area contributed by atoms with E-state index in [9.17, 15) is 18.0 Å². The van der Waals surface area contributed by atoms with Crippen molar-refractivity contribution in [2.75, 3.05) is 25.6 Å². The van der Waals surface area contributed by atoms with Crippen molar-refractivity contribution < 1.29 is 27.4 Å². The molecule has 2 rings (SSSR count). The van der Waals surface area contributed by atoms with Crippen molar-refractivity contribution in [2.45, 2.75) is 12.6 Å². The highest BCUT2D eigenvalue weighted by Gasteiger charge is 2.29. The number of rotatable bonds is 7. The molecule has 0 amide bonds. The summed E-state index contributed by atoms with van der Waals surface area (Å²) in [5, 5.41) is 3.03. The van der Waals surface area contributed by atoms with Gasteiger partial charge in [-0.05, 0) is 55.0 Å². The van der Waals surface area contributed by atoms with Gasteiger partial charge in [0.2, 0.25) is 0 Å². The van der Waals surface area contributed by atoms with Gasteiger partial charge in [-0.2, -0.15) is 13.2 Å². The Morgan fingerprint density at radius 2 is 1.68 bits per heavy atom. The molecular formula is C18H18F3NO3. The summed E-state index contributed by atoms with van der Waals surface area (Å²) in [6.45, 7) is 0.997. The van der Waals surface area contributed by atoms with Gasteiger partial charge in [-0.15, -0.1) is 0 Å². The van der Waals surface area contributed by atoms with E-state index in [0.29, 0.717) is 36.6 Å². The van der Waals surface area contributed by atoms with Crippen molar-refractivity contribution >= 4 is 11.7 Å². The number of hydrogen-bond acceptors (Lipinski definition) is 4. The highest BCUT2D eigenvalue weighted by Crippen LogP contribution is 2.29. The second-order valence-electron chi connectivity index (χ2n) is 5.22. The Kier molecular flexibility index (Phi) is 6.27. The maximum atomic E-state index is 12.5. The first-order valence-corrected chi connectivity index (χ1v) is 7.62. The number of carbonyl (C=O) groups is 1. The first-order chi connectivity index (χ1) is 11.9. The summed E-state index contributed by atoms with van der Waals surface area (Å²) in [6.07, 6.45) is -3.66. The maximum Gasteiger partial charge on any atom is 0.416 e. The van der Waals surface area contributed by atoms with Gasteiger partial charge in [0.25, 0.3) is 0 Å². The van der Waals surface area contributed by atoms with Crippen LogP contribution in [0.2, 0.25) is 0 Å². The molecule has 0 aromatic heterocycles. The maximum absolute atomic E-state index is 12.5. The monoisotopic (exact) mass is 353 g/mol. The van der Waals surface area contributed by atoms with Crippen LogP contribution in [0.3, 0.4) is 0 Å². The highest BCUT2D eigenvalue weighted by molar-refractivity contribution is 5.89. The van der Waals surface area contributed by atoms with Crippen LogP contribution in [0, 0.1) is 0 Å². The molecule has 0 aliphatic heterocycles. The Morgan fingerprint density at radius 3 is 2.24 bits per heavy atom. The van der Waals surface area contributed by atoms with Crippen LogP contribution in [-0.4, -0.2) is 26.2 Å². The standard InChI is InChI=1S/C18H18F3NO3/c1-24-17(23)13-3-9-16(10-4-13)25-12-2-11-22-15-7-5-14(6-8-15)18(19,20)21/h3-10,22H,2,11-12H2,1H3. The van der Waals surface area contributed by atoms with E-state index in [2.05, 4.69) is 10.1 Å². The summed E-state index contributed by atoms with van der Waals surface area (Å²) < 4.78 is 47.5. The number of esters is 1. The van der Waals surface area contributed by atoms with Gasteiger partial charge in [0.15, 0.2) is 0 Å². The van der Waals surface area contributed by atoms with E-state index in [-0.39, 0.29) is 0 Å². The van der Waals surface area contributed by atoms with E-state index in [1.807, 2.05) is 0 Å². The number of ether oxygens (including phenoxy) is 2. The third kappa shape index (κ3) is 5.70. The third-order valence-corrected chi connectivity index (χ3v) is 3.41. The second-order valence-corrected chi connectivity index (χ2v) is 5.22. The Morgan fingerprint density at radius 1 is 1.04 bits per heavy atom. The number of methoxy groups -OCH3 is 1. The molecule has 134 valence electrons. The number of anilines is 1. The molecule has 7 heteroatoms. The lowest BCUT2D eigenvalue weighted by molar-refractivity contribution is -0.137. The molecule has 0 heterocycles. The fraction of sp³-hybridized carbons (Fsp3) is 0.278. The minimum Gasteiger partial charge on any atom is -0.494 e. The molecule has 0 aliphatic carbocycles. The van der Waals surface area contributed by atoms with E-state index in [4.69, 9.17) is 4.74 Å². The summed E-state index contributed by atoms with van der Waals surface area (Å²) in [6, 6.07) is 11.5. The number of halogens is 3. The van der Waals surface area contributed by atoms with Crippen LogP contribution in [0.4, 0.5) is 18.9 Å². The van der Waals surface area contributed by atoms with Gasteiger partial charge >= 0.3 is 12.1 Å². The van der Waals surface area contributed by atoms with Crippen molar-refractivity contribution in [3.8, 4) is 5.75 Å². The molecule has 0 spiro atoms. The second kappa shape index (κ2) is 8.41. The molecule has 0 saturated carbocycles. The minimum atomic E-state index is -4.32. The van der Waals surface area contributed by atoms with Gasteiger partial charge in [0.05, 0.1) is 24.8 Å². The fourth-order valence-corrected chi connectivity index (χ4v) is 2.08. The Bertz CT molecular complexity index is 682. The zero-order valence-corrected chi connectivity index (χ0v) is 13.6. The van der Waals surface area contributed by atoms with E-state index in [1.165, 1.54) is 19.2 Å². The van der Waals surface area contributed by atoms with Crippen molar-refractivity contribution in [1.29, 1.82) is 0 Å². The van der Waals surface area contributed by atoms with Crippen molar-refractivity contribution in [3.05, 3.63) is 59.7 Å². The third-order valence-electron chi connectivity index (χ3n) is 3.41. The summed E-state index contributed by atoms with van der Waals surface area (Å²) in [4.78, 5) is 11.3. The molecule has 0 aliphatic rings. The molecule has 1 N–H and O–H groups in total. The predicted octanol–water partition coefficient (Wildman–Crippen LogP) is 4.37. The SMILES string of the molecule is COC(=O)c1ccc(OCCCNc2ccc(C(F)(F)F)cc2)cc1. The van der Waals surface area contributed by atoms with Crippen LogP contribution >= 0.6 is 0 Å². The van der Waals surface area contributed by atoms with Crippen LogP contribution in [0.1, 0.15) is 22.3 Å². The number of benzene rings is 2. The Balaban J connectivity index is 1.70. The fourth-order valence-electron chi connectivity index (χ4n) is 2.08. The number of alkyl halides is 3. The van der Waals surface area contributed by atoms with Gasteiger partial charge in [0, 0.05) is 12.2 Å². The van der Waals surface area contributed by atoms with E-state index in [1.54, 1.807) is 24.3 Å². The molecule has 0 unspecified atom stereocenters. The first kappa shape index (κ1) is 18.6. The molecule has 25 heavy (non-hydrogen) atoms. The van der Waals surface area contributed by atoms with Crippen molar-refractivity contribution in [3.63, 3.8) is 0 Å². The predicted molar refractivity (Wildman–Crippen MR) is 87.8 cm³/mol. The summed E-state index contributed by atoms with van der Waals surface area (Å²) >= 11 is 0. The molecule has 2 aromatic rings. The van der Waals surface area contributed by atoms with Crippen LogP contribution in [0.5, 0.6) is 5.75 Å². The average Bonchev–Trinajstić information content (AvgIpc) is 2.61. The molecule has 0 fully saturated rings. The average molecular weight is 353 g/mol. The van der Waals surface area contributed by atoms with Crippen molar-refractivity contribution in [2.24, 2.45) is 0 Å². The van der Waals surface area contributed by atoms with Crippen LogP contribution in [0.25, 0.3) is 0 Å². The number of carbonyl (C=O) groups excluding carboxylic acids is 1. The molecule has 0 saturated heterocycles. The molecule has 0 radical (unpaired) electrons. The minimum absolute atomic E-state index is 0.410. The van der Waals surface area contributed by atoms with E-state index in [0.717, 1.165) is 12.1 Å². The zero-order chi connectivity index (χ0) is 18.3. The Hall–Kier alpha value is -2.70. The molecule has 0 bridgehead atoms. The van der Waals surface area contributed by atoms with E-state index >= 15 is 0 Å². The summed E-state index contributed by atoms with van der Waals surface area (Å²) in [5.41, 5.74) is 0.394. The quantitative estimate of drug-likeness (QED) is 0.593. The Labute approximate surface area is 143 Å². The molecule has 2 aromatic carbocycles. The largest absolute Gasteiger partial charge is 0.494 e. The number of hydrogen-bond donors (Lipinski definition) is 1. The lowest BCUT2D eigenvalue weighted by Crippen LogP contribution is -2.08. The summed E-state index contributed by atoms with van der Waals surface area (Å²) in [7, 11) is 1.32. The van der Waals surface area contributed by atoms with Gasteiger partial charge in [-0.1, -0.05) is 0 Å². The first-order valence-electron chi connectivity index (χ1n) is 7.62. The van der Waals surface area contributed by atoms with Crippen LogP contribution in [0.15, 0.2) is 48.5 Å². The number of nitrogens with one attached hydrogen (secondary N) is 1. The van der Waals surface area contributed by atoms with Crippen LogP contribution < -0.4 is 10.1 Å². The van der Waals surface area contributed by atoms with Crippen LogP contribution in [-0.2, 0) is 10.9 Å².